The zero-order chi connectivity index (χ0) is 15.6. The second-order valence-corrected chi connectivity index (χ2v) is 6.08. The molecule has 0 unspecified atom stereocenters. The van der Waals surface area contributed by atoms with Crippen molar-refractivity contribution in [3.8, 4) is 0 Å². The molecule has 3 aromatic rings. The van der Waals surface area contributed by atoms with Crippen LogP contribution in [-0.4, -0.2) is 27.7 Å². The Kier molecular flexibility index (Phi) is 2.58. The van der Waals surface area contributed by atoms with Crippen LogP contribution in [0, 0.1) is 13.8 Å². The SMILES string of the molecule is Cc1ccc2c(oc3c2nc(C)n3C)c1N1C=CN(C)[C@@H]1C. The summed E-state index contributed by atoms with van der Waals surface area (Å²) in [6.07, 6.45) is 4.47. The maximum Gasteiger partial charge on any atom is 0.228 e. The van der Waals surface area contributed by atoms with Crippen molar-refractivity contribution in [1.29, 1.82) is 0 Å². The molecule has 1 aliphatic rings. The van der Waals surface area contributed by atoms with Crippen molar-refractivity contribution in [2.45, 2.75) is 26.9 Å². The van der Waals surface area contributed by atoms with Crippen LogP contribution in [0.3, 0.4) is 0 Å². The third-order valence-corrected chi connectivity index (χ3v) is 4.77. The molecule has 22 heavy (non-hydrogen) atoms. The maximum atomic E-state index is 6.22. The van der Waals surface area contributed by atoms with Crippen LogP contribution in [-0.2, 0) is 7.05 Å². The standard InChI is InChI=1S/C17H20N4O/c1-10-6-7-13-14-17(20(5)11(2)18-14)22-16(13)15(10)21-9-8-19(4)12(21)3/h6-9,12H,1-5H3/t12-/m0/s1. The Balaban J connectivity index is 2.04. The van der Waals surface area contributed by atoms with Gasteiger partial charge in [0.25, 0.3) is 0 Å². The number of aryl methyl sites for hydroxylation is 3. The smallest absolute Gasteiger partial charge is 0.228 e. The van der Waals surface area contributed by atoms with Crippen LogP contribution < -0.4 is 4.90 Å². The van der Waals surface area contributed by atoms with E-state index < -0.39 is 0 Å². The summed E-state index contributed by atoms with van der Waals surface area (Å²) < 4.78 is 8.22. The molecular weight excluding hydrogens is 276 g/mol. The number of rotatable bonds is 1. The number of fused-ring (bicyclic) bond motifs is 3. The van der Waals surface area contributed by atoms with Gasteiger partial charge in [0.15, 0.2) is 5.58 Å². The van der Waals surface area contributed by atoms with Gasteiger partial charge in [-0.1, -0.05) is 6.07 Å². The number of benzene rings is 1. The van der Waals surface area contributed by atoms with Gasteiger partial charge in [-0.15, -0.1) is 0 Å². The van der Waals surface area contributed by atoms with Crippen molar-refractivity contribution in [3.63, 3.8) is 0 Å². The monoisotopic (exact) mass is 296 g/mol. The third kappa shape index (κ3) is 1.56. The average molecular weight is 296 g/mol. The minimum atomic E-state index is 0.271. The van der Waals surface area contributed by atoms with Crippen LogP contribution >= 0.6 is 0 Å². The van der Waals surface area contributed by atoms with Gasteiger partial charge in [-0.25, -0.2) is 4.98 Å². The van der Waals surface area contributed by atoms with E-state index in [1.165, 1.54) is 5.56 Å². The van der Waals surface area contributed by atoms with E-state index in [1.54, 1.807) is 0 Å². The molecule has 3 heterocycles. The van der Waals surface area contributed by atoms with Gasteiger partial charge in [0.2, 0.25) is 5.71 Å². The summed E-state index contributed by atoms with van der Waals surface area (Å²) in [5.41, 5.74) is 5.03. The molecule has 0 fully saturated rings. The summed E-state index contributed by atoms with van der Waals surface area (Å²) >= 11 is 0. The summed E-state index contributed by atoms with van der Waals surface area (Å²) in [5, 5.41) is 1.08. The largest absolute Gasteiger partial charge is 0.436 e. The Bertz CT molecular complexity index is 918. The molecule has 5 heteroatoms. The molecule has 0 N–H and O–H groups in total. The first-order valence-corrected chi connectivity index (χ1v) is 7.52. The lowest BCUT2D eigenvalue weighted by atomic mass is 10.1. The normalized spacial score (nSPS) is 18.3. The number of nitrogens with zero attached hydrogens (tertiary/aromatic N) is 4. The minimum Gasteiger partial charge on any atom is -0.436 e. The molecule has 0 saturated carbocycles. The number of imidazole rings is 1. The topological polar surface area (TPSA) is 37.4 Å². The highest BCUT2D eigenvalue weighted by molar-refractivity contribution is 6.07. The van der Waals surface area contributed by atoms with Crippen molar-refractivity contribution in [2.75, 3.05) is 11.9 Å². The summed E-state index contributed by atoms with van der Waals surface area (Å²) in [4.78, 5) is 9.10. The molecule has 0 bridgehead atoms. The van der Waals surface area contributed by atoms with E-state index in [-0.39, 0.29) is 6.17 Å². The highest BCUT2D eigenvalue weighted by atomic mass is 16.3. The zero-order valence-corrected chi connectivity index (χ0v) is 13.6. The highest BCUT2D eigenvalue weighted by Crippen LogP contribution is 2.39. The van der Waals surface area contributed by atoms with E-state index in [0.717, 1.165) is 33.7 Å². The molecule has 1 aromatic carbocycles. The van der Waals surface area contributed by atoms with E-state index in [0.29, 0.717) is 0 Å². The van der Waals surface area contributed by atoms with Crippen LogP contribution in [0.4, 0.5) is 5.69 Å². The molecule has 0 amide bonds. The molecular formula is C17H20N4O. The van der Waals surface area contributed by atoms with E-state index in [9.17, 15) is 0 Å². The van der Waals surface area contributed by atoms with Gasteiger partial charge >= 0.3 is 0 Å². The Morgan fingerprint density at radius 3 is 2.59 bits per heavy atom. The van der Waals surface area contributed by atoms with Crippen molar-refractivity contribution >= 4 is 27.9 Å². The van der Waals surface area contributed by atoms with Gasteiger partial charge in [-0.2, -0.15) is 0 Å². The Morgan fingerprint density at radius 1 is 1.14 bits per heavy atom. The van der Waals surface area contributed by atoms with E-state index in [2.05, 4.69) is 60.2 Å². The van der Waals surface area contributed by atoms with Crippen molar-refractivity contribution in [2.24, 2.45) is 7.05 Å². The minimum absolute atomic E-state index is 0.271. The first kappa shape index (κ1) is 13.2. The Morgan fingerprint density at radius 2 is 1.91 bits per heavy atom. The summed E-state index contributed by atoms with van der Waals surface area (Å²) in [5.74, 6) is 0.965. The lowest BCUT2D eigenvalue weighted by molar-refractivity contribution is 0.383. The Hall–Kier alpha value is -2.43. The molecule has 4 rings (SSSR count). The molecule has 0 saturated heterocycles. The van der Waals surface area contributed by atoms with Crippen molar-refractivity contribution in [3.05, 3.63) is 35.9 Å². The maximum absolute atomic E-state index is 6.22. The Labute approximate surface area is 129 Å². The molecule has 0 radical (unpaired) electrons. The number of aromatic nitrogens is 2. The van der Waals surface area contributed by atoms with Gasteiger partial charge in [0.1, 0.15) is 17.5 Å². The number of hydrogen-bond acceptors (Lipinski definition) is 4. The van der Waals surface area contributed by atoms with Crippen LogP contribution in [0.15, 0.2) is 28.9 Å². The quantitative estimate of drug-likeness (QED) is 0.689. The first-order valence-electron chi connectivity index (χ1n) is 7.52. The second-order valence-electron chi connectivity index (χ2n) is 6.08. The molecule has 114 valence electrons. The summed E-state index contributed by atoms with van der Waals surface area (Å²) in [7, 11) is 4.08. The molecule has 0 aliphatic carbocycles. The fourth-order valence-corrected chi connectivity index (χ4v) is 3.14. The van der Waals surface area contributed by atoms with Gasteiger partial charge < -0.3 is 18.8 Å². The highest BCUT2D eigenvalue weighted by Gasteiger charge is 2.26. The fourth-order valence-electron chi connectivity index (χ4n) is 3.14. The average Bonchev–Trinajstić information content (AvgIpc) is 3.09. The molecule has 2 aromatic heterocycles. The van der Waals surface area contributed by atoms with Gasteiger partial charge in [0.05, 0.1) is 11.1 Å². The van der Waals surface area contributed by atoms with Gasteiger partial charge in [0, 0.05) is 26.5 Å². The molecule has 5 nitrogen and oxygen atoms in total. The fraction of sp³-hybridized carbons (Fsp3) is 0.353. The predicted octanol–water partition coefficient (Wildman–Crippen LogP) is 3.51. The van der Waals surface area contributed by atoms with Crippen LogP contribution in [0.2, 0.25) is 0 Å². The van der Waals surface area contributed by atoms with Crippen molar-refractivity contribution < 1.29 is 4.42 Å². The molecule has 1 aliphatic heterocycles. The van der Waals surface area contributed by atoms with Crippen LogP contribution in [0.25, 0.3) is 22.2 Å². The number of furan rings is 1. The zero-order valence-electron chi connectivity index (χ0n) is 13.6. The van der Waals surface area contributed by atoms with E-state index >= 15 is 0 Å². The predicted molar refractivity (Wildman–Crippen MR) is 88.8 cm³/mol. The van der Waals surface area contributed by atoms with Crippen LogP contribution in [0.1, 0.15) is 18.3 Å². The number of hydrogen-bond donors (Lipinski definition) is 0. The third-order valence-electron chi connectivity index (χ3n) is 4.77. The van der Waals surface area contributed by atoms with Gasteiger partial charge in [-0.05, 0) is 32.4 Å². The lowest BCUT2D eigenvalue weighted by Gasteiger charge is -2.28. The molecule has 1 atom stereocenters. The second kappa shape index (κ2) is 4.29. The van der Waals surface area contributed by atoms with E-state index in [4.69, 9.17) is 4.42 Å². The summed E-state index contributed by atoms with van der Waals surface area (Å²) in [6.45, 7) is 6.31. The summed E-state index contributed by atoms with van der Waals surface area (Å²) in [6, 6.07) is 4.26. The number of anilines is 1. The molecule has 0 spiro atoms. The van der Waals surface area contributed by atoms with E-state index in [1.807, 2.05) is 18.5 Å². The first-order chi connectivity index (χ1) is 10.5. The van der Waals surface area contributed by atoms with Crippen LogP contribution in [0.5, 0.6) is 0 Å². The van der Waals surface area contributed by atoms with Gasteiger partial charge in [-0.3, -0.25) is 0 Å². The van der Waals surface area contributed by atoms with Crippen molar-refractivity contribution in [1.82, 2.24) is 14.5 Å². The lowest BCUT2D eigenvalue weighted by Crippen LogP contribution is -2.33.